The van der Waals surface area contributed by atoms with Gasteiger partial charge in [0.2, 0.25) is 0 Å². The molecule has 2 bridgehead atoms. The van der Waals surface area contributed by atoms with Crippen molar-refractivity contribution in [2.75, 3.05) is 6.61 Å². The second-order valence-corrected chi connectivity index (χ2v) is 64.3. The molecule has 3 aliphatic heterocycles. The molecule has 2 nitrogen and oxygen atoms in total. The number of fused-ring (bicyclic) bond motifs is 3. The molecule has 3 aliphatic rings. The van der Waals surface area contributed by atoms with E-state index in [0.717, 1.165) is 11.2 Å². The standard InChI is InChI=1S/C23H54O2Si6/c1-14-15-16-17-18-19-20-25-21(24)23-29(8,9)26(2,3)22(27(4,5)30(23,10)11)28(6,7)31(23,12)13/h22H,14-20H2,1-13H3. The molecule has 3 rings (SSSR count). The summed E-state index contributed by atoms with van der Waals surface area (Å²) in [5.74, 6) is 0.339. The first-order valence-electron chi connectivity index (χ1n) is 13.0. The third kappa shape index (κ3) is 3.31. The third-order valence-corrected chi connectivity index (χ3v) is 101. The van der Waals surface area contributed by atoms with Gasteiger partial charge in [-0.25, -0.2) is 0 Å². The van der Waals surface area contributed by atoms with Gasteiger partial charge in [-0.15, -0.1) is 0 Å². The fourth-order valence-electron chi connectivity index (χ4n) is 9.50. The molecule has 0 aliphatic carbocycles. The van der Waals surface area contributed by atoms with Crippen molar-refractivity contribution >= 4 is 51.5 Å². The largest absolute Gasteiger partial charge is 0.466 e. The van der Waals surface area contributed by atoms with Gasteiger partial charge in [0.05, 0.1) is 29.4 Å². The minimum absolute atomic E-state index is 0.0190. The molecule has 0 atom stereocenters. The van der Waals surface area contributed by atoms with Crippen molar-refractivity contribution in [2.24, 2.45) is 0 Å². The van der Waals surface area contributed by atoms with E-state index in [4.69, 9.17) is 4.74 Å². The average Bonchev–Trinajstić information content (AvgIpc) is 2.57. The molecule has 3 fully saturated rings. The summed E-state index contributed by atoms with van der Waals surface area (Å²) in [6.07, 6.45) is 7.51. The highest BCUT2D eigenvalue weighted by Crippen LogP contribution is 2.75. The van der Waals surface area contributed by atoms with E-state index >= 15 is 0 Å². The van der Waals surface area contributed by atoms with E-state index in [1.165, 1.54) is 32.1 Å². The first-order chi connectivity index (χ1) is 13.8. The summed E-state index contributed by atoms with van der Waals surface area (Å²) in [5.41, 5.74) is 0. The Morgan fingerprint density at radius 2 is 1.00 bits per heavy atom. The van der Waals surface area contributed by atoms with Crippen molar-refractivity contribution in [1.82, 2.24) is 0 Å². The number of rotatable bonds is 8. The van der Waals surface area contributed by atoms with Gasteiger partial charge in [0.1, 0.15) is 0 Å². The smallest absolute Gasteiger partial charge is 0.303 e. The molecule has 0 spiro atoms. The summed E-state index contributed by atoms with van der Waals surface area (Å²) in [6.45, 7) is 35.4. The molecule has 0 aromatic carbocycles. The van der Waals surface area contributed by atoms with Crippen LogP contribution in [-0.2, 0) is 9.53 Å². The lowest BCUT2D eigenvalue weighted by Crippen LogP contribution is -3.01. The van der Waals surface area contributed by atoms with E-state index in [9.17, 15) is 4.79 Å². The highest BCUT2D eigenvalue weighted by atomic mass is 29.4. The molecule has 182 valence electrons. The van der Waals surface area contributed by atoms with Crippen LogP contribution in [0, 0.1) is 0 Å². The number of hydrogen-bond acceptors (Lipinski definition) is 2. The lowest BCUT2D eigenvalue weighted by Gasteiger charge is -2.83. The lowest BCUT2D eigenvalue weighted by molar-refractivity contribution is -0.143. The molecule has 3 saturated heterocycles. The number of unbranched alkanes of at least 4 members (excludes halogenated alkanes) is 5. The zero-order chi connectivity index (χ0) is 24.3. The summed E-state index contributed by atoms with van der Waals surface area (Å²) in [7, 11) is -9.92. The van der Waals surface area contributed by atoms with Gasteiger partial charge in [0, 0.05) is 27.1 Å². The van der Waals surface area contributed by atoms with Gasteiger partial charge in [-0.1, -0.05) is 122 Å². The molecule has 0 radical (unpaired) electrons. The Hall–Kier alpha value is 0.771. The Morgan fingerprint density at radius 1 is 0.645 bits per heavy atom. The van der Waals surface area contributed by atoms with Crippen LogP contribution >= 0.6 is 0 Å². The molecule has 0 aromatic rings. The number of carbonyl (C=O) groups is 1. The summed E-state index contributed by atoms with van der Waals surface area (Å²) in [5, 5.41) is 0. The van der Waals surface area contributed by atoms with E-state index < -0.39 is 45.5 Å². The molecule has 0 N–H and O–H groups in total. The second kappa shape index (κ2) is 8.46. The minimum atomic E-state index is -1.79. The first kappa shape index (κ1) is 28.0. The molecular weight excluding hydrogens is 477 g/mol. The monoisotopic (exact) mass is 530 g/mol. The SMILES string of the molecule is CCCCCCCCOC(=O)C12[Si](C)(C)[Si](C)(C)C([Si](C)(C)[Si]1(C)C)[Si](C)(C)[Si]2(C)C. The normalized spacial score (nSPS) is 33.1. The highest BCUT2D eigenvalue weighted by Gasteiger charge is 2.89. The van der Waals surface area contributed by atoms with E-state index in [-0.39, 0.29) is 4.28 Å². The number of esters is 1. The van der Waals surface area contributed by atoms with Crippen LogP contribution in [-0.4, -0.2) is 58.1 Å². The molecule has 0 amide bonds. The summed E-state index contributed by atoms with van der Waals surface area (Å²) in [6, 6.07) is 0. The van der Waals surface area contributed by atoms with Crippen LogP contribution in [0.15, 0.2) is 0 Å². The molecular formula is C23H54O2Si6. The molecule has 0 saturated carbocycles. The molecule has 0 unspecified atom stereocenters. The van der Waals surface area contributed by atoms with Gasteiger partial charge in [0.25, 0.3) is 0 Å². The average molecular weight is 531 g/mol. The van der Waals surface area contributed by atoms with Crippen molar-refractivity contribution in [3.05, 3.63) is 0 Å². The summed E-state index contributed by atoms with van der Waals surface area (Å²) >= 11 is 0. The number of carbonyl (C=O) groups excluding carboxylic acids is 1. The Morgan fingerprint density at radius 3 is 1.39 bits per heavy atom. The van der Waals surface area contributed by atoms with Crippen LogP contribution in [0.1, 0.15) is 45.4 Å². The van der Waals surface area contributed by atoms with E-state index in [2.05, 4.69) is 85.5 Å². The minimum Gasteiger partial charge on any atom is -0.466 e. The highest BCUT2D eigenvalue weighted by molar-refractivity contribution is 7.78. The van der Waals surface area contributed by atoms with Gasteiger partial charge >= 0.3 is 5.97 Å². The van der Waals surface area contributed by atoms with Gasteiger partial charge in [-0.05, 0) is 6.42 Å². The molecule has 8 heteroatoms. The van der Waals surface area contributed by atoms with Crippen molar-refractivity contribution in [2.45, 2.75) is 133 Å². The van der Waals surface area contributed by atoms with E-state index in [1.807, 2.05) is 0 Å². The Balaban J connectivity index is 2.52. The Bertz CT molecular complexity index is 627. The fourth-order valence-corrected chi connectivity index (χ4v) is 153. The topological polar surface area (TPSA) is 26.3 Å². The molecule has 31 heavy (non-hydrogen) atoms. The maximum absolute atomic E-state index is 14.6. The maximum Gasteiger partial charge on any atom is 0.303 e. The number of ether oxygens (including phenoxy) is 1. The number of hydrogen-bond donors (Lipinski definition) is 0. The van der Waals surface area contributed by atoms with Gasteiger partial charge in [-0.3, -0.25) is 4.79 Å². The quantitative estimate of drug-likeness (QED) is 0.183. The Labute approximate surface area is 200 Å². The van der Waals surface area contributed by atoms with Crippen molar-refractivity contribution in [3.63, 3.8) is 0 Å². The van der Waals surface area contributed by atoms with Gasteiger partial charge in [0.15, 0.2) is 0 Å². The predicted molar refractivity (Wildman–Crippen MR) is 156 cm³/mol. The predicted octanol–water partition coefficient (Wildman–Crippen LogP) is 7.67. The molecule has 3 heterocycles. The molecule has 0 aromatic heterocycles. The van der Waals surface area contributed by atoms with Crippen molar-refractivity contribution in [1.29, 1.82) is 0 Å². The van der Waals surface area contributed by atoms with Crippen LogP contribution in [0.4, 0.5) is 0 Å². The van der Waals surface area contributed by atoms with Crippen molar-refractivity contribution < 1.29 is 9.53 Å². The fraction of sp³-hybridized carbons (Fsp3) is 0.957. The zero-order valence-electron chi connectivity index (χ0n) is 23.3. The first-order valence-corrected chi connectivity index (χ1v) is 34.3. The second-order valence-electron chi connectivity index (χ2n) is 14.1. The van der Waals surface area contributed by atoms with Crippen LogP contribution in [0.5, 0.6) is 0 Å². The van der Waals surface area contributed by atoms with Crippen LogP contribution in [0.2, 0.25) is 87.6 Å². The van der Waals surface area contributed by atoms with E-state index in [0.29, 0.717) is 12.6 Å². The van der Waals surface area contributed by atoms with Crippen molar-refractivity contribution in [3.8, 4) is 0 Å². The van der Waals surface area contributed by atoms with E-state index in [1.54, 1.807) is 0 Å². The summed E-state index contributed by atoms with van der Waals surface area (Å²) in [4.78, 5) is 15.7. The zero-order valence-corrected chi connectivity index (χ0v) is 29.3. The van der Waals surface area contributed by atoms with Crippen LogP contribution in [0.25, 0.3) is 0 Å². The lowest BCUT2D eigenvalue weighted by atomic mass is 10.1. The van der Waals surface area contributed by atoms with Gasteiger partial charge in [-0.2, -0.15) is 0 Å². The Kier molecular flexibility index (Phi) is 7.65. The van der Waals surface area contributed by atoms with Crippen LogP contribution < -0.4 is 0 Å². The van der Waals surface area contributed by atoms with Crippen LogP contribution in [0.3, 0.4) is 0 Å². The third-order valence-electron chi connectivity index (χ3n) is 11.8. The maximum atomic E-state index is 14.6. The summed E-state index contributed by atoms with van der Waals surface area (Å²) < 4.78 is 6.44. The van der Waals surface area contributed by atoms with Gasteiger partial charge < -0.3 is 4.74 Å².